The molecule has 0 unspecified atom stereocenters. The number of aromatic nitrogens is 3. The molecule has 0 radical (unpaired) electrons. The number of nitrogens with zero attached hydrogens (tertiary/aromatic N) is 6. The summed E-state index contributed by atoms with van der Waals surface area (Å²) in [6.07, 6.45) is 7.73. The Morgan fingerprint density at radius 3 is 2.55 bits per heavy atom. The van der Waals surface area contributed by atoms with E-state index in [4.69, 9.17) is 15.2 Å². The van der Waals surface area contributed by atoms with Gasteiger partial charge in [0.05, 0.1) is 29.2 Å². The molecule has 1 fully saturated rings. The summed E-state index contributed by atoms with van der Waals surface area (Å²) in [6, 6.07) is 18.8. The highest BCUT2D eigenvalue weighted by molar-refractivity contribution is 5.82. The Bertz CT molecular complexity index is 1930. The first kappa shape index (κ1) is 32.1. The van der Waals surface area contributed by atoms with Gasteiger partial charge in [-0.2, -0.15) is 5.26 Å². The van der Waals surface area contributed by atoms with Crippen molar-refractivity contribution in [3.8, 4) is 6.07 Å². The largest absolute Gasteiger partial charge is 0.340 e. The van der Waals surface area contributed by atoms with Gasteiger partial charge < -0.3 is 9.88 Å². The third-order valence-corrected chi connectivity index (χ3v) is 8.90. The summed E-state index contributed by atoms with van der Waals surface area (Å²) in [4.78, 5) is 16.8. The van der Waals surface area contributed by atoms with Gasteiger partial charge in [-0.1, -0.05) is 46.1 Å². The maximum absolute atomic E-state index is 14.5. The van der Waals surface area contributed by atoms with Crippen LogP contribution in [0, 0.1) is 22.6 Å². The van der Waals surface area contributed by atoms with Crippen molar-refractivity contribution in [1.29, 1.82) is 5.26 Å². The van der Waals surface area contributed by atoms with Crippen molar-refractivity contribution in [2.75, 3.05) is 18.4 Å². The van der Waals surface area contributed by atoms with E-state index in [9.17, 15) is 4.39 Å². The molecule has 2 aliphatic rings. The van der Waals surface area contributed by atoms with Gasteiger partial charge in [0.15, 0.2) is 0 Å². The Kier molecular flexibility index (Phi) is 9.19. The first-order chi connectivity index (χ1) is 22.6. The summed E-state index contributed by atoms with van der Waals surface area (Å²) in [5, 5.41) is 12.2. The third kappa shape index (κ3) is 7.58. The highest BCUT2D eigenvalue weighted by atomic mass is 19.1. The number of nitriles is 1. The second-order valence-corrected chi connectivity index (χ2v) is 13.9. The fourth-order valence-corrected chi connectivity index (χ4v) is 6.51. The minimum Gasteiger partial charge on any atom is -0.340 e. The van der Waals surface area contributed by atoms with Crippen molar-refractivity contribution in [1.82, 2.24) is 19.4 Å². The van der Waals surface area contributed by atoms with E-state index in [0.29, 0.717) is 23.0 Å². The monoisotopic (exact) mass is 627 g/mol. The summed E-state index contributed by atoms with van der Waals surface area (Å²) in [5.74, 6) is 1.53. The molecule has 8 heteroatoms. The van der Waals surface area contributed by atoms with Crippen LogP contribution in [0.4, 0.5) is 10.2 Å². The molecule has 0 aliphatic carbocycles. The van der Waals surface area contributed by atoms with Gasteiger partial charge in [0, 0.05) is 48.3 Å². The Labute approximate surface area is 276 Å². The lowest BCUT2D eigenvalue weighted by molar-refractivity contribution is 0.197. The quantitative estimate of drug-likeness (QED) is 0.190. The van der Waals surface area contributed by atoms with Crippen molar-refractivity contribution in [2.45, 2.75) is 65.5 Å². The predicted molar refractivity (Wildman–Crippen MR) is 189 cm³/mol. The highest BCUT2D eigenvalue weighted by Crippen LogP contribution is 2.33. The van der Waals surface area contributed by atoms with Crippen molar-refractivity contribution in [3.63, 3.8) is 0 Å². The number of benzene rings is 2. The second kappa shape index (κ2) is 13.5. The molecule has 6 rings (SSSR count). The van der Waals surface area contributed by atoms with Gasteiger partial charge in [-0.05, 0) is 96.9 Å². The van der Waals surface area contributed by atoms with Crippen molar-refractivity contribution < 1.29 is 4.39 Å². The van der Waals surface area contributed by atoms with E-state index < -0.39 is 5.82 Å². The van der Waals surface area contributed by atoms with E-state index in [-0.39, 0.29) is 11.0 Å². The number of halogens is 1. The molecule has 2 aliphatic heterocycles. The minimum atomic E-state index is -0.488. The lowest BCUT2D eigenvalue weighted by atomic mass is 9.86. The molecular weight excluding hydrogens is 585 g/mol. The molecule has 0 amide bonds. The van der Waals surface area contributed by atoms with Crippen LogP contribution >= 0.6 is 0 Å². The maximum Gasteiger partial charge on any atom is 0.133 e. The summed E-state index contributed by atoms with van der Waals surface area (Å²) in [7, 11) is 0. The fourth-order valence-electron chi connectivity index (χ4n) is 6.51. The zero-order valence-electron chi connectivity index (χ0n) is 27.6. The summed E-state index contributed by atoms with van der Waals surface area (Å²) >= 11 is 0. The molecule has 7 nitrogen and oxygen atoms in total. The lowest BCUT2D eigenvalue weighted by Gasteiger charge is -2.31. The zero-order chi connectivity index (χ0) is 33.1. The van der Waals surface area contributed by atoms with Crippen LogP contribution in [0.15, 0.2) is 84.5 Å². The Hall–Kier alpha value is -4.87. The molecular formula is C39H42FN7. The normalized spacial score (nSPS) is 15.5. The number of fused-ring (bicyclic) bond motifs is 1. The van der Waals surface area contributed by atoms with Crippen LogP contribution in [-0.4, -0.2) is 38.7 Å². The van der Waals surface area contributed by atoms with Crippen LogP contribution < -0.4 is 5.32 Å². The van der Waals surface area contributed by atoms with Gasteiger partial charge in [0.2, 0.25) is 0 Å². The van der Waals surface area contributed by atoms with Crippen molar-refractivity contribution in [2.24, 2.45) is 10.4 Å². The molecule has 47 heavy (non-hydrogen) atoms. The van der Waals surface area contributed by atoms with Crippen LogP contribution in [0.3, 0.4) is 0 Å². The number of imidazole rings is 1. The van der Waals surface area contributed by atoms with Crippen LogP contribution in [-0.2, 0) is 13.1 Å². The molecule has 0 saturated carbocycles. The predicted octanol–water partition coefficient (Wildman–Crippen LogP) is 8.71. The second-order valence-electron chi connectivity index (χ2n) is 13.9. The topological polar surface area (TPSA) is 82.1 Å². The number of hydrogen-bond acceptors (Lipinski definition) is 6. The number of nitrogens with one attached hydrogen (secondary N) is 1. The summed E-state index contributed by atoms with van der Waals surface area (Å²) in [6.45, 7) is 18.6. The number of pyridine rings is 1. The average molecular weight is 628 g/mol. The standard InChI is InChI=1S/C39H42FN7/c1-26(21-39(3,4)5)31-10-12-35-36(20-31)47(24-29-13-16-42-23-29)38(45-35)25-46-17-14-30(15-18-46)34-7-6-8-37(44-34)43-27(2)32-11-9-28(22-41)19-33(32)40/h6-12,16,19-20,23,30H,1-2,13-15,17-18,21,24-25H2,3-5H3,(H,43,44). The number of piperidine rings is 1. The molecule has 1 saturated heterocycles. The number of allylic oxidation sites excluding steroid dienone is 2. The number of hydrogen-bond donors (Lipinski definition) is 1. The molecule has 1 N–H and O–H groups in total. The van der Waals surface area contributed by atoms with Crippen molar-refractivity contribution >= 4 is 34.3 Å². The molecule has 2 aromatic heterocycles. The van der Waals surface area contributed by atoms with Crippen LogP contribution in [0.25, 0.3) is 22.3 Å². The van der Waals surface area contributed by atoms with E-state index in [1.165, 1.54) is 17.2 Å². The van der Waals surface area contributed by atoms with E-state index in [2.05, 4.69) is 78.0 Å². The Morgan fingerprint density at radius 1 is 1.04 bits per heavy atom. The van der Waals surface area contributed by atoms with Gasteiger partial charge >= 0.3 is 0 Å². The van der Waals surface area contributed by atoms with E-state index in [0.717, 1.165) is 80.0 Å². The minimum absolute atomic E-state index is 0.170. The fraction of sp³-hybridized carbons (Fsp3) is 0.333. The van der Waals surface area contributed by atoms with Gasteiger partial charge in [-0.25, -0.2) is 14.4 Å². The van der Waals surface area contributed by atoms with Gasteiger partial charge in [-0.15, -0.1) is 0 Å². The molecule has 0 bridgehead atoms. The highest BCUT2D eigenvalue weighted by Gasteiger charge is 2.24. The maximum atomic E-state index is 14.5. The average Bonchev–Trinajstić information content (AvgIpc) is 3.68. The van der Waals surface area contributed by atoms with Gasteiger partial charge in [-0.3, -0.25) is 9.89 Å². The van der Waals surface area contributed by atoms with Crippen molar-refractivity contribution in [3.05, 3.63) is 114 Å². The molecule has 4 heterocycles. The van der Waals surface area contributed by atoms with Crippen LogP contribution in [0.5, 0.6) is 0 Å². The number of aliphatic imine (C=N–C) groups is 1. The molecule has 240 valence electrons. The van der Waals surface area contributed by atoms with Gasteiger partial charge in [0.1, 0.15) is 17.5 Å². The summed E-state index contributed by atoms with van der Waals surface area (Å²) < 4.78 is 16.9. The molecule has 2 aromatic carbocycles. The smallest absolute Gasteiger partial charge is 0.133 e. The third-order valence-electron chi connectivity index (χ3n) is 8.90. The van der Waals surface area contributed by atoms with Gasteiger partial charge in [0.25, 0.3) is 0 Å². The first-order valence-electron chi connectivity index (χ1n) is 16.3. The SMILES string of the molecule is C=C(CC(C)(C)C)c1ccc2nc(CN3CCC(c4cccc(NC(=C)c5ccc(C#N)cc5F)n4)CC3)n(CC3=CN=CC3)c2c1. The molecule has 4 aromatic rings. The first-order valence-corrected chi connectivity index (χ1v) is 16.3. The zero-order valence-corrected chi connectivity index (χ0v) is 27.6. The van der Waals surface area contributed by atoms with Crippen LogP contribution in [0.2, 0.25) is 0 Å². The van der Waals surface area contributed by atoms with Crippen LogP contribution in [0.1, 0.15) is 80.6 Å². The number of anilines is 1. The Balaban J connectivity index is 1.14. The van der Waals surface area contributed by atoms with E-state index in [1.807, 2.05) is 30.6 Å². The van der Waals surface area contributed by atoms with E-state index in [1.54, 1.807) is 12.1 Å². The molecule has 0 atom stereocenters. The lowest BCUT2D eigenvalue weighted by Crippen LogP contribution is -2.33. The Morgan fingerprint density at radius 2 is 1.85 bits per heavy atom. The number of likely N-dealkylation sites (tertiary alicyclic amines) is 1. The van der Waals surface area contributed by atoms with E-state index >= 15 is 0 Å². The molecule has 0 spiro atoms. The summed E-state index contributed by atoms with van der Waals surface area (Å²) in [5.41, 5.74) is 7.95. The number of rotatable bonds is 10.